The van der Waals surface area contributed by atoms with Crippen LogP contribution in [0.15, 0.2) is 34.3 Å². The number of fused-ring (bicyclic) bond motifs is 1. The lowest BCUT2D eigenvalue weighted by atomic mass is 10.2. The maximum atomic E-state index is 11.4. The highest BCUT2D eigenvalue weighted by Crippen LogP contribution is 2.22. The predicted octanol–water partition coefficient (Wildman–Crippen LogP) is -0.192. The van der Waals surface area contributed by atoms with Crippen LogP contribution in [0.4, 0.5) is 0 Å². The van der Waals surface area contributed by atoms with Gasteiger partial charge in [0.05, 0.1) is 24.9 Å². The molecule has 1 fully saturated rings. The summed E-state index contributed by atoms with van der Waals surface area (Å²) in [7, 11) is 0. The molecule has 0 spiro atoms. The van der Waals surface area contributed by atoms with E-state index in [9.17, 15) is 9.90 Å². The standard InChI is InChI=1S/C20H18N8O3/c1-2-11-3-4-14(21-8-11)10-31-20-25-16-12(7-15-17(29)26-19(30)24-15)9-22-28(16)18(27-20)23-13-5-6-13/h3-4,7-9,13H,1-2,5-6,10H2,(H2-,22,23,24,25,26,27,29,30)/p+1. The van der Waals surface area contributed by atoms with Gasteiger partial charge in [-0.2, -0.15) is 19.6 Å². The first kappa shape index (κ1) is 18.9. The molecule has 11 heteroatoms. The molecule has 0 amide bonds. The number of rotatable bonds is 6. The van der Waals surface area contributed by atoms with Crippen molar-refractivity contribution in [1.82, 2.24) is 34.5 Å². The van der Waals surface area contributed by atoms with Gasteiger partial charge in [0.25, 0.3) is 5.62 Å². The van der Waals surface area contributed by atoms with E-state index < -0.39 is 5.69 Å². The molecule has 1 saturated carbocycles. The molecule has 156 valence electrons. The minimum absolute atomic E-state index is 0.136. The second-order valence-corrected chi connectivity index (χ2v) is 7.18. The minimum Gasteiger partial charge on any atom is -0.493 e. The zero-order valence-corrected chi connectivity index (χ0v) is 16.4. The molecule has 0 unspecified atom stereocenters. The first-order valence-electron chi connectivity index (χ1n) is 9.77. The normalized spacial score (nSPS) is 15.1. The van der Waals surface area contributed by atoms with E-state index in [-0.39, 0.29) is 30.2 Å². The van der Waals surface area contributed by atoms with Crippen LogP contribution in [-0.2, 0) is 13.0 Å². The average molecular weight is 419 g/mol. The summed E-state index contributed by atoms with van der Waals surface area (Å²) in [5, 5.41) is 14.7. The van der Waals surface area contributed by atoms with Crippen LogP contribution in [0, 0.1) is 6.92 Å². The molecule has 11 nitrogen and oxygen atoms in total. The van der Waals surface area contributed by atoms with E-state index in [1.165, 1.54) is 4.52 Å². The third kappa shape index (κ3) is 3.97. The Balaban J connectivity index is 1.55. The Morgan fingerprint density at radius 2 is 2.16 bits per heavy atom. The largest absolute Gasteiger partial charge is 0.493 e. The van der Waals surface area contributed by atoms with E-state index in [1.54, 1.807) is 18.5 Å². The number of nitrogens with zero attached hydrogens (tertiary/aromatic N) is 6. The Morgan fingerprint density at radius 1 is 1.29 bits per heavy atom. The van der Waals surface area contributed by atoms with Crippen LogP contribution < -0.4 is 21.3 Å². The third-order valence-corrected chi connectivity index (χ3v) is 4.76. The van der Waals surface area contributed by atoms with Gasteiger partial charge in [0.1, 0.15) is 18.7 Å². The van der Waals surface area contributed by atoms with Crippen molar-refractivity contribution in [2.75, 3.05) is 0 Å². The van der Waals surface area contributed by atoms with Crippen LogP contribution in [0.25, 0.3) is 11.7 Å². The molecule has 1 aliphatic rings. The number of aromatic hydroxyl groups is 1. The number of imidazole rings is 1. The summed E-state index contributed by atoms with van der Waals surface area (Å²) < 4.78 is 7.30. The Hall–Kier alpha value is -4.15. The first-order valence-corrected chi connectivity index (χ1v) is 9.77. The maximum absolute atomic E-state index is 11.4. The lowest BCUT2D eigenvalue weighted by molar-refractivity contribution is 0.274. The van der Waals surface area contributed by atoms with Gasteiger partial charge in [0.15, 0.2) is 5.65 Å². The third-order valence-electron chi connectivity index (χ3n) is 4.76. The number of hydrogen-bond donors (Lipinski definition) is 3. The number of pyridine rings is 1. The van der Waals surface area contributed by atoms with Crippen LogP contribution in [0.3, 0.4) is 0 Å². The van der Waals surface area contributed by atoms with Gasteiger partial charge < -0.3 is 14.8 Å². The van der Waals surface area contributed by atoms with Crippen LogP contribution in [-0.4, -0.2) is 45.7 Å². The van der Waals surface area contributed by atoms with Crippen molar-refractivity contribution in [2.45, 2.75) is 31.9 Å². The summed E-state index contributed by atoms with van der Waals surface area (Å²) in [5.74, 6) is -0.269. The van der Waals surface area contributed by atoms with E-state index in [2.05, 4.69) is 41.9 Å². The smallest absolute Gasteiger partial charge is 0.326 e. The molecule has 3 N–H and O–H groups in total. The molecule has 31 heavy (non-hydrogen) atoms. The van der Waals surface area contributed by atoms with Gasteiger partial charge >= 0.3 is 11.7 Å². The van der Waals surface area contributed by atoms with Gasteiger partial charge in [-0.25, -0.2) is 9.79 Å². The average Bonchev–Trinajstić information content (AvgIpc) is 3.41. The van der Waals surface area contributed by atoms with Crippen molar-refractivity contribution in [3.63, 3.8) is 0 Å². The zero-order valence-electron chi connectivity index (χ0n) is 16.4. The van der Waals surface area contributed by atoms with Gasteiger partial charge in [-0.3, -0.25) is 9.97 Å². The van der Waals surface area contributed by atoms with Gasteiger partial charge in [0.2, 0.25) is 5.88 Å². The van der Waals surface area contributed by atoms with E-state index in [1.807, 2.05) is 12.1 Å². The molecule has 0 aliphatic heterocycles. The fraction of sp³-hybridized carbons (Fsp3) is 0.250. The minimum atomic E-state index is -0.513. The van der Waals surface area contributed by atoms with Crippen molar-refractivity contribution in [1.29, 1.82) is 0 Å². The summed E-state index contributed by atoms with van der Waals surface area (Å²) in [5.41, 5.74) is 2.30. The molecule has 0 aromatic carbocycles. The number of H-pyrrole nitrogens is 2. The monoisotopic (exact) mass is 419 g/mol. The summed E-state index contributed by atoms with van der Waals surface area (Å²) in [6, 6.07) is 4.17. The van der Waals surface area contributed by atoms with E-state index in [0.29, 0.717) is 22.9 Å². The van der Waals surface area contributed by atoms with E-state index in [4.69, 9.17) is 4.74 Å². The van der Waals surface area contributed by atoms with Crippen molar-refractivity contribution in [3.05, 3.63) is 69.7 Å². The van der Waals surface area contributed by atoms with Crippen LogP contribution >= 0.6 is 0 Å². The number of nitrogens with one attached hydrogen (secondary N) is 2. The molecular weight excluding hydrogens is 400 g/mol. The quantitative estimate of drug-likeness (QED) is 0.367. The maximum Gasteiger partial charge on any atom is 0.326 e. The highest BCUT2D eigenvalue weighted by atomic mass is 16.5. The van der Waals surface area contributed by atoms with Crippen molar-refractivity contribution < 1.29 is 9.84 Å². The Kier molecular flexibility index (Phi) is 4.62. The molecule has 4 heterocycles. The molecule has 5 rings (SSSR count). The van der Waals surface area contributed by atoms with E-state index in [0.717, 1.165) is 24.1 Å². The summed E-state index contributed by atoms with van der Waals surface area (Å²) in [6.07, 6.45) is 7.56. The highest BCUT2D eigenvalue weighted by molar-refractivity contribution is 5.56. The van der Waals surface area contributed by atoms with Crippen LogP contribution in [0.2, 0.25) is 0 Å². The SMILES string of the molecule is [CH2+]Cc1ccc(COc2nc(=NC3CC3)n3ncc(=Cc4[nH]c(=O)[nH]c4O)c3n2)nc1. The fourth-order valence-electron chi connectivity index (χ4n) is 2.95. The van der Waals surface area contributed by atoms with Gasteiger partial charge in [-0.15, -0.1) is 0 Å². The number of ether oxygens (including phenoxy) is 1. The zero-order chi connectivity index (χ0) is 21.4. The lowest BCUT2D eigenvalue weighted by Gasteiger charge is -2.05. The number of aromatic amines is 2. The molecule has 1 aliphatic carbocycles. The van der Waals surface area contributed by atoms with E-state index >= 15 is 0 Å². The first-order chi connectivity index (χ1) is 15.1. The van der Waals surface area contributed by atoms with Crippen molar-refractivity contribution >= 4 is 11.7 Å². The highest BCUT2D eigenvalue weighted by Gasteiger charge is 2.21. The van der Waals surface area contributed by atoms with Crippen molar-refractivity contribution in [3.8, 4) is 11.9 Å². The van der Waals surface area contributed by atoms with Crippen LogP contribution in [0.1, 0.15) is 29.8 Å². The van der Waals surface area contributed by atoms with Gasteiger partial charge in [-0.05, 0) is 25.0 Å². The van der Waals surface area contributed by atoms with Gasteiger partial charge in [-0.1, -0.05) is 6.07 Å². The molecule has 0 bridgehead atoms. The second-order valence-electron chi connectivity index (χ2n) is 7.18. The molecule has 4 aromatic heterocycles. The molecule has 0 radical (unpaired) electrons. The molecule has 0 atom stereocenters. The topological polar surface area (TPSA) is 146 Å². The Morgan fingerprint density at radius 3 is 2.84 bits per heavy atom. The molecular formula is C20H19N8O3+. The van der Waals surface area contributed by atoms with Gasteiger partial charge in [0, 0.05) is 17.0 Å². The molecule has 0 saturated heterocycles. The predicted molar refractivity (Wildman–Crippen MR) is 109 cm³/mol. The fourth-order valence-corrected chi connectivity index (χ4v) is 2.95. The number of hydrogen-bond acceptors (Lipinski definition) is 8. The number of aromatic nitrogens is 7. The van der Waals surface area contributed by atoms with Crippen LogP contribution in [0.5, 0.6) is 11.9 Å². The summed E-state index contributed by atoms with van der Waals surface area (Å²) in [6.45, 7) is 4.03. The molecule has 4 aromatic rings. The Labute approximate surface area is 175 Å². The Bertz CT molecular complexity index is 1410. The summed E-state index contributed by atoms with van der Waals surface area (Å²) in [4.78, 5) is 34.0. The lowest BCUT2D eigenvalue weighted by Crippen LogP contribution is -2.24. The second kappa shape index (κ2) is 7.59. The summed E-state index contributed by atoms with van der Waals surface area (Å²) >= 11 is 0. The van der Waals surface area contributed by atoms with Crippen molar-refractivity contribution in [2.24, 2.45) is 4.99 Å².